The molecule has 24 heavy (non-hydrogen) atoms. The van der Waals surface area contributed by atoms with E-state index in [0.717, 1.165) is 25.3 Å². The van der Waals surface area contributed by atoms with Crippen LogP contribution in [0.5, 0.6) is 11.5 Å². The van der Waals surface area contributed by atoms with E-state index in [9.17, 15) is 4.79 Å². The molecule has 7 nitrogen and oxygen atoms in total. The van der Waals surface area contributed by atoms with E-state index in [1.165, 1.54) is 0 Å². The van der Waals surface area contributed by atoms with Gasteiger partial charge in [-0.25, -0.2) is 0 Å². The lowest BCUT2D eigenvalue weighted by atomic mass is 10.1. The number of fused-ring (bicyclic) bond motifs is 1. The van der Waals surface area contributed by atoms with Crippen LogP contribution in [0.2, 0.25) is 0 Å². The van der Waals surface area contributed by atoms with Crippen molar-refractivity contribution in [3.05, 3.63) is 42.1 Å². The third-order valence-corrected chi connectivity index (χ3v) is 4.29. The minimum absolute atomic E-state index is 0.0154. The Bertz CT molecular complexity index is 738. The zero-order chi connectivity index (χ0) is 16.4. The summed E-state index contributed by atoms with van der Waals surface area (Å²) in [6.45, 7) is 3.10. The van der Waals surface area contributed by atoms with Crippen molar-refractivity contribution in [3.63, 3.8) is 0 Å². The second-order valence-corrected chi connectivity index (χ2v) is 5.75. The maximum atomic E-state index is 12.9. The molecule has 1 amide bonds. The Labute approximate surface area is 139 Å². The summed E-state index contributed by atoms with van der Waals surface area (Å²) < 4.78 is 10.8. The number of carbonyl (C=O) groups is 1. The third-order valence-electron chi connectivity index (χ3n) is 4.29. The molecule has 0 aliphatic carbocycles. The minimum Gasteiger partial charge on any atom is -0.454 e. The second-order valence-electron chi connectivity index (χ2n) is 5.75. The smallest absolute Gasteiger partial charge is 0.257 e. The largest absolute Gasteiger partial charge is 0.454 e. The molecule has 1 saturated heterocycles. The third kappa shape index (κ3) is 2.73. The van der Waals surface area contributed by atoms with Crippen LogP contribution in [0, 0.1) is 0 Å². The highest BCUT2D eigenvalue weighted by Crippen LogP contribution is 2.36. The summed E-state index contributed by atoms with van der Waals surface area (Å²) in [7, 11) is 0. The van der Waals surface area contributed by atoms with Crippen molar-refractivity contribution in [2.45, 2.75) is 6.42 Å². The molecule has 124 valence electrons. The summed E-state index contributed by atoms with van der Waals surface area (Å²) in [6, 6.07) is 9.25. The summed E-state index contributed by atoms with van der Waals surface area (Å²) in [4.78, 5) is 16.9. The normalized spacial score (nSPS) is 16.8. The van der Waals surface area contributed by atoms with Crippen LogP contribution in [0.1, 0.15) is 16.8 Å². The van der Waals surface area contributed by atoms with E-state index in [1.807, 2.05) is 29.2 Å². The lowest BCUT2D eigenvalue weighted by Crippen LogP contribution is -2.35. The van der Waals surface area contributed by atoms with Gasteiger partial charge in [0.15, 0.2) is 17.3 Å². The van der Waals surface area contributed by atoms with Gasteiger partial charge >= 0.3 is 0 Å². The molecule has 0 atom stereocenters. The minimum atomic E-state index is -0.0154. The van der Waals surface area contributed by atoms with Crippen LogP contribution in [-0.2, 0) is 0 Å². The van der Waals surface area contributed by atoms with Gasteiger partial charge in [-0.2, -0.15) is 5.10 Å². The van der Waals surface area contributed by atoms with Crippen molar-refractivity contribution in [2.24, 2.45) is 0 Å². The lowest BCUT2D eigenvalue weighted by molar-refractivity contribution is 0.0762. The van der Waals surface area contributed by atoms with E-state index in [1.54, 1.807) is 12.3 Å². The number of hydrogen-bond donors (Lipinski definition) is 0. The van der Waals surface area contributed by atoms with Gasteiger partial charge in [-0.1, -0.05) is 6.07 Å². The number of carbonyl (C=O) groups excluding carboxylic acids is 1. The molecular weight excluding hydrogens is 308 g/mol. The first-order valence-corrected chi connectivity index (χ1v) is 8.03. The molecule has 0 bridgehead atoms. The number of aromatic nitrogens is 2. The van der Waals surface area contributed by atoms with Crippen LogP contribution < -0.4 is 14.4 Å². The standard InChI is InChI=1S/C17H18N4O3/c22-17(13-4-1-5-14-16(13)24-12-23-14)21-9-3-8-20(10-11-21)15-6-2-7-18-19-15/h1-2,4-7H,3,8-12H2. The first kappa shape index (κ1) is 14.7. The predicted molar refractivity (Wildman–Crippen MR) is 87.3 cm³/mol. The summed E-state index contributed by atoms with van der Waals surface area (Å²) in [5.41, 5.74) is 0.568. The molecular formula is C17H18N4O3. The van der Waals surface area contributed by atoms with Crippen LogP contribution in [0.15, 0.2) is 36.5 Å². The first-order chi connectivity index (χ1) is 11.8. The number of anilines is 1. The van der Waals surface area contributed by atoms with Gasteiger partial charge < -0.3 is 19.3 Å². The lowest BCUT2D eigenvalue weighted by Gasteiger charge is -2.22. The number of para-hydroxylation sites is 1. The number of nitrogens with zero attached hydrogens (tertiary/aromatic N) is 4. The molecule has 1 aromatic heterocycles. The van der Waals surface area contributed by atoms with Gasteiger partial charge in [-0.05, 0) is 30.7 Å². The molecule has 1 fully saturated rings. The SMILES string of the molecule is O=C(c1cccc2c1OCO2)N1CCCN(c2cccnn2)CC1. The molecule has 0 spiro atoms. The molecule has 7 heteroatoms. The summed E-state index contributed by atoms with van der Waals surface area (Å²) in [5, 5.41) is 8.08. The molecule has 2 aliphatic heterocycles. The number of ether oxygens (including phenoxy) is 2. The summed E-state index contributed by atoms with van der Waals surface area (Å²) in [6.07, 6.45) is 2.55. The van der Waals surface area contributed by atoms with Gasteiger partial charge in [-0.3, -0.25) is 4.79 Å². The van der Waals surface area contributed by atoms with E-state index in [2.05, 4.69) is 15.1 Å². The predicted octanol–water partition coefficient (Wildman–Crippen LogP) is 1.56. The molecule has 2 aliphatic rings. The fourth-order valence-corrected chi connectivity index (χ4v) is 3.08. The van der Waals surface area contributed by atoms with Crippen molar-refractivity contribution in [3.8, 4) is 11.5 Å². The van der Waals surface area contributed by atoms with Crippen molar-refractivity contribution < 1.29 is 14.3 Å². The van der Waals surface area contributed by atoms with E-state index < -0.39 is 0 Å². The number of hydrogen-bond acceptors (Lipinski definition) is 6. The first-order valence-electron chi connectivity index (χ1n) is 8.03. The van der Waals surface area contributed by atoms with Crippen molar-refractivity contribution in [1.29, 1.82) is 0 Å². The van der Waals surface area contributed by atoms with Gasteiger partial charge in [0.05, 0.1) is 5.56 Å². The molecule has 4 rings (SSSR count). The Hall–Kier alpha value is -2.83. The van der Waals surface area contributed by atoms with Crippen LogP contribution in [0.4, 0.5) is 5.82 Å². The van der Waals surface area contributed by atoms with Crippen LogP contribution in [0.3, 0.4) is 0 Å². The van der Waals surface area contributed by atoms with E-state index in [-0.39, 0.29) is 12.7 Å². The average Bonchev–Trinajstić information content (AvgIpc) is 2.98. The molecule has 0 saturated carbocycles. The molecule has 1 aromatic carbocycles. The summed E-state index contributed by atoms with van der Waals surface area (Å²) >= 11 is 0. The van der Waals surface area contributed by atoms with Crippen molar-refractivity contribution >= 4 is 11.7 Å². The number of amides is 1. The van der Waals surface area contributed by atoms with Gasteiger partial charge in [0, 0.05) is 32.4 Å². The van der Waals surface area contributed by atoms with Crippen LogP contribution in [0.25, 0.3) is 0 Å². The highest BCUT2D eigenvalue weighted by Gasteiger charge is 2.27. The van der Waals surface area contributed by atoms with E-state index >= 15 is 0 Å². The van der Waals surface area contributed by atoms with Crippen LogP contribution >= 0.6 is 0 Å². The van der Waals surface area contributed by atoms with Gasteiger partial charge in [0.2, 0.25) is 6.79 Å². The summed E-state index contributed by atoms with van der Waals surface area (Å²) in [5.74, 6) is 2.02. The van der Waals surface area contributed by atoms with E-state index in [0.29, 0.717) is 30.2 Å². The highest BCUT2D eigenvalue weighted by atomic mass is 16.7. The Kier molecular flexibility index (Phi) is 3.90. The average molecular weight is 326 g/mol. The Morgan fingerprint density at radius 2 is 2.00 bits per heavy atom. The van der Waals surface area contributed by atoms with Crippen molar-refractivity contribution in [1.82, 2.24) is 15.1 Å². The molecule has 0 unspecified atom stereocenters. The number of rotatable bonds is 2. The Balaban J connectivity index is 1.50. The molecule has 0 N–H and O–H groups in total. The molecule has 0 radical (unpaired) electrons. The van der Waals surface area contributed by atoms with Crippen molar-refractivity contribution in [2.75, 3.05) is 37.9 Å². The van der Waals surface area contributed by atoms with Gasteiger partial charge in [0.25, 0.3) is 5.91 Å². The zero-order valence-electron chi connectivity index (χ0n) is 13.2. The monoisotopic (exact) mass is 326 g/mol. The second kappa shape index (κ2) is 6.35. The number of benzene rings is 1. The maximum Gasteiger partial charge on any atom is 0.257 e. The molecule has 3 heterocycles. The zero-order valence-corrected chi connectivity index (χ0v) is 13.2. The maximum absolute atomic E-state index is 12.9. The fourth-order valence-electron chi connectivity index (χ4n) is 3.08. The van der Waals surface area contributed by atoms with Crippen LogP contribution in [-0.4, -0.2) is 54.0 Å². The Morgan fingerprint density at radius 1 is 1.04 bits per heavy atom. The fraction of sp³-hybridized carbons (Fsp3) is 0.353. The van der Waals surface area contributed by atoms with Gasteiger partial charge in [-0.15, -0.1) is 5.10 Å². The highest BCUT2D eigenvalue weighted by molar-refractivity contribution is 5.98. The van der Waals surface area contributed by atoms with Gasteiger partial charge in [0.1, 0.15) is 0 Å². The molecule has 2 aromatic rings. The Morgan fingerprint density at radius 3 is 2.88 bits per heavy atom. The quantitative estimate of drug-likeness (QED) is 0.834. The topological polar surface area (TPSA) is 67.8 Å². The van der Waals surface area contributed by atoms with E-state index in [4.69, 9.17) is 9.47 Å².